The van der Waals surface area contributed by atoms with E-state index in [2.05, 4.69) is 10.6 Å². The summed E-state index contributed by atoms with van der Waals surface area (Å²) in [6.45, 7) is -0.489. The third-order valence-electron chi connectivity index (χ3n) is 5.07. The van der Waals surface area contributed by atoms with Crippen LogP contribution in [-0.2, 0) is 20.9 Å². The molecular formula is C25H20FN3O7. The molecular weight excluding hydrogens is 473 g/mol. The first-order valence-electron chi connectivity index (χ1n) is 10.6. The van der Waals surface area contributed by atoms with Gasteiger partial charge in [0.25, 0.3) is 17.7 Å². The van der Waals surface area contributed by atoms with Gasteiger partial charge in [0.2, 0.25) is 0 Å². The van der Waals surface area contributed by atoms with Gasteiger partial charge in [-0.15, -0.1) is 0 Å². The predicted molar refractivity (Wildman–Crippen MR) is 124 cm³/mol. The number of hydrogen-bond donors (Lipinski definition) is 2. The number of halogens is 1. The van der Waals surface area contributed by atoms with Crippen LogP contribution in [0.4, 0.5) is 14.9 Å². The van der Waals surface area contributed by atoms with Gasteiger partial charge >= 0.3 is 6.03 Å². The molecule has 0 atom stereocenters. The Morgan fingerprint density at radius 3 is 2.58 bits per heavy atom. The summed E-state index contributed by atoms with van der Waals surface area (Å²) in [4.78, 5) is 50.4. The maximum absolute atomic E-state index is 13.0. The van der Waals surface area contributed by atoms with Crippen molar-refractivity contribution in [1.82, 2.24) is 10.2 Å². The maximum Gasteiger partial charge on any atom is 0.331 e. The predicted octanol–water partition coefficient (Wildman–Crippen LogP) is 3.11. The van der Waals surface area contributed by atoms with E-state index in [0.717, 1.165) is 4.90 Å². The summed E-state index contributed by atoms with van der Waals surface area (Å²) < 4.78 is 29.0. The molecule has 2 N–H and O–H groups in total. The molecule has 1 aromatic heterocycles. The fourth-order valence-corrected chi connectivity index (χ4v) is 3.33. The number of hydrogen-bond acceptors (Lipinski definition) is 7. The van der Waals surface area contributed by atoms with Crippen molar-refractivity contribution in [3.05, 3.63) is 83.6 Å². The molecule has 1 saturated heterocycles. The number of nitrogens with one attached hydrogen (secondary N) is 2. The Kier molecular flexibility index (Phi) is 7.10. The molecule has 2 aromatic carbocycles. The van der Waals surface area contributed by atoms with E-state index in [0.29, 0.717) is 17.0 Å². The third kappa shape index (κ3) is 5.58. The fourth-order valence-electron chi connectivity index (χ4n) is 3.33. The highest BCUT2D eigenvalue weighted by atomic mass is 19.1. The molecule has 36 heavy (non-hydrogen) atoms. The van der Waals surface area contributed by atoms with Gasteiger partial charge in [0.05, 0.1) is 19.9 Å². The number of urea groups is 1. The number of amides is 5. The smallest absolute Gasteiger partial charge is 0.331 e. The quantitative estimate of drug-likeness (QED) is 0.365. The SMILES string of the molecule is COc1cc(/C=C2\C(=O)NC(=O)N(Cc3ccco3)C2=O)ccc1OCC(=O)Nc1ccc(F)cc1. The van der Waals surface area contributed by atoms with Crippen LogP contribution in [0.3, 0.4) is 0 Å². The molecule has 184 valence electrons. The average molecular weight is 493 g/mol. The maximum atomic E-state index is 13.0. The van der Waals surface area contributed by atoms with E-state index >= 15 is 0 Å². The molecule has 2 heterocycles. The highest BCUT2D eigenvalue weighted by Gasteiger charge is 2.36. The summed E-state index contributed by atoms with van der Waals surface area (Å²) in [5.74, 6) is -1.66. The molecule has 0 spiro atoms. The molecule has 1 aliphatic rings. The monoisotopic (exact) mass is 493 g/mol. The highest BCUT2D eigenvalue weighted by Crippen LogP contribution is 2.29. The van der Waals surface area contributed by atoms with Gasteiger partial charge < -0.3 is 19.2 Å². The topological polar surface area (TPSA) is 127 Å². The summed E-state index contributed by atoms with van der Waals surface area (Å²) in [6.07, 6.45) is 2.72. The van der Waals surface area contributed by atoms with Gasteiger partial charge in [-0.1, -0.05) is 6.07 Å². The Balaban J connectivity index is 1.46. The molecule has 3 aromatic rings. The number of carbonyl (C=O) groups excluding carboxylic acids is 4. The third-order valence-corrected chi connectivity index (χ3v) is 5.07. The van der Waals surface area contributed by atoms with Crippen molar-refractivity contribution in [1.29, 1.82) is 0 Å². The van der Waals surface area contributed by atoms with Crippen LogP contribution in [0.5, 0.6) is 11.5 Å². The average Bonchev–Trinajstić information content (AvgIpc) is 3.38. The Morgan fingerprint density at radius 2 is 1.89 bits per heavy atom. The van der Waals surface area contributed by atoms with Gasteiger partial charge in [0.1, 0.15) is 17.2 Å². The van der Waals surface area contributed by atoms with Crippen LogP contribution in [0.15, 0.2) is 70.9 Å². The van der Waals surface area contributed by atoms with E-state index in [4.69, 9.17) is 13.9 Å². The Bertz CT molecular complexity index is 1330. The zero-order valence-electron chi connectivity index (χ0n) is 18.9. The van der Waals surface area contributed by atoms with Crippen molar-refractivity contribution in [2.24, 2.45) is 0 Å². The number of rotatable bonds is 8. The molecule has 0 saturated carbocycles. The zero-order valence-corrected chi connectivity index (χ0v) is 18.9. The summed E-state index contributed by atoms with van der Waals surface area (Å²) >= 11 is 0. The molecule has 0 aliphatic carbocycles. The van der Waals surface area contributed by atoms with Crippen molar-refractivity contribution in [2.45, 2.75) is 6.54 Å². The van der Waals surface area contributed by atoms with Gasteiger partial charge in [-0.2, -0.15) is 0 Å². The molecule has 11 heteroatoms. The summed E-state index contributed by atoms with van der Waals surface area (Å²) in [7, 11) is 1.39. The van der Waals surface area contributed by atoms with Gasteiger partial charge in [-0.05, 0) is 60.2 Å². The number of barbiturate groups is 1. The minimum atomic E-state index is -0.848. The minimum Gasteiger partial charge on any atom is -0.493 e. The minimum absolute atomic E-state index is 0.141. The lowest BCUT2D eigenvalue weighted by Crippen LogP contribution is -2.53. The standard InChI is InChI=1S/C25H20FN3O7/c1-34-21-12-15(4-9-20(21)36-14-22(30)27-17-7-5-16(26)6-8-17)11-19-23(31)28-25(33)29(24(19)32)13-18-3-2-10-35-18/h2-12H,13-14H2,1H3,(H,27,30)(H,28,31,33)/b19-11+. The van der Waals surface area contributed by atoms with Crippen molar-refractivity contribution in [3.8, 4) is 11.5 Å². The summed E-state index contributed by atoms with van der Waals surface area (Å²) in [6, 6.07) is 12.2. The van der Waals surface area contributed by atoms with E-state index in [1.165, 1.54) is 55.8 Å². The Labute approximate surface area is 204 Å². The van der Waals surface area contributed by atoms with Crippen LogP contribution < -0.4 is 20.1 Å². The van der Waals surface area contributed by atoms with E-state index in [1.807, 2.05) is 0 Å². The van der Waals surface area contributed by atoms with Crippen molar-refractivity contribution < 1.29 is 37.5 Å². The molecule has 0 radical (unpaired) electrons. The zero-order chi connectivity index (χ0) is 25.7. The van der Waals surface area contributed by atoms with E-state index in [-0.39, 0.29) is 30.2 Å². The first-order valence-corrected chi connectivity index (χ1v) is 10.6. The lowest BCUT2D eigenvalue weighted by atomic mass is 10.1. The van der Waals surface area contributed by atoms with Crippen LogP contribution in [0.1, 0.15) is 11.3 Å². The fraction of sp³-hybridized carbons (Fsp3) is 0.120. The molecule has 0 unspecified atom stereocenters. The lowest BCUT2D eigenvalue weighted by Gasteiger charge is -2.25. The normalized spacial score (nSPS) is 14.6. The van der Waals surface area contributed by atoms with E-state index < -0.39 is 29.6 Å². The number of furan rings is 1. The number of methoxy groups -OCH3 is 1. The lowest BCUT2D eigenvalue weighted by molar-refractivity contribution is -0.130. The Morgan fingerprint density at radius 1 is 1.11 bits per heavy atom. The van der Waals surface area contributed by atoms with Crippen LogP contribution in [0.25, 0.3) is 6.08 Å². The number of anilines is 1. The summed E-state index contributed by atoms with van der Waals surface area (Å²) in [5, 5.41) is 4.71. The second-order valence-electron chi connectivity index (χ2n) is 7.54. The van der Waals surface area contributed by atoms with Crippen LogP contribution in [0, 0.1) is 5.82 Å². The number of benzene rings is 2. The first-order chi connectivity index (χ1) is 17.3. The van der Waals surface area contributed by atoms with Gasteiger partial charge in [0, 0.05) is 5.69 Å². The van der Waals surface area contributed by atoms with Crippen molar-refractivity contribution in [3.63, 3.8) is 0 Å². The number of ether oxygens (including phenoxy) is 2. The van der Waals surface area contributed by atoms with E-state index in [1.54, 1.807) is 18.2 Å². The van der Waals surface area contributed by atoms with Crippen LogP contribution >= 0.6 is 0 Å². The molecule has 4 rings (SSSR count). The van der Waals surface area contributed by atoms with Gasteiger partial charge in [-0.3, -0.25) is 24.6 Å². The molecule has 0 bridgehead atoms. The van der Waals surface area contributed by atoms with Crippen molar-refractivity contribution in [2.75, 3.05) is 19.0 Å². The largest absolute Gasteiger partial charge is 0.493 e. The van der Waals surface area contributed by atoms with Gasteiger partial charge in [-0.25, -0.2) is 9.18 Å². The van der Waals surface area contributed by atoms with E-state index in [9.17, 15) is 23.6 Å². The number of nitrogens with zero attached hydrogens (tertiary/aromatic N) is 1. The molecule has 1 fully saturated rings. The Hall–Kier alpha value is -4.93. The highest BCUT2D eigenvalue weighted by molar-refractivity contribution is 6.30. The molecule has 10 nitrogen and oxygen atoms in total. The van der Waals surface area contributed by atoms with Crippen LogP contribution in [-0.4, -0.2) is 42.4 Å². The van der Waals surface area contributed by atoms with Gasteiger partial charge in [0.15, 0.2) is 18.1 Å². The van der Waals surface area contributed by atoms with Crippen molar-refractivity contribution >= 4 is 35.5 Å². The number of carbonyl (C=O) groups is 4. The second-order valence-corrected chi connectivity index (χ2v) is 7.54. The number of imide groups is 2. The summed E-state index contributed by atoms with van der Waals surface area (Å²) in [5.41, 5.74) is 0.574. The second kappa shape index (κ2) is 10.6. The first kappa shape index (κ1) is 24.2. The van der Waals surface area contributed by atoms with Crippen LogP contribution in [0.2, 0.25) is 0 Å². The molecule has 1 aliphatic heterocycles. The molecule has 5 amide bonds.